The minimum atomic E-state index is 0.622. The Balaban J connectivity index is 1.65. The standard InChI is InChI=1S/C18H19ClN4S2/c1-13-6-8-16(9-7-13)20-17-21-23(18(24)25-17)12-22(2)11-14-4-3-5-15(19)10-14/h3-10H,11-12H2,1-2H3,(H,20,21). The number of benzene rings is 2. The maximum absolute atomic E-state index is 6.04. The second-order valence-corrected chi connectivity index (χ2v) is 8.01. The summed E-state index contributed by atoms with van der Waals surface area (Å²) in [4.78, 5) is 2.15. The highest BCUT2D eigenvalue weighted by Crippen LogP contribution is 2.21. The predicted octanol–water partition coefficient (Wildman–Crippen LogP) is 5.47. The average Bonchev–Trinajstić information content (AvgIpc) is 2.89. The van der Waals surface area contributed by atoms with Crippen LogP contribution in [0.2, 0.25) is 5.02 Å². The molecule has 25 heavy (non-hydrogen) atoms. The lowest BCUT2D eigenvalue weighted by molar-refractivity contribution is 0.245. The third-order valence-electron chi connectivity index (χ3n) is 3.63. The topological polar surface area (TPSA) is 33.1 Å². The fourth-order valence-electron chi connectivity index (χ4n) is 2.43. The Kier molecular flexibility index (Phi) is 5.86. The highest BCUT2D eigenvalue weighted by atomic mass is 35.5. The molecule has 1 heterocycles. The zero-order valence-electron chi connectivity index (χ0n) is 14.1. The molecule has 0 atom stereocenters. The van der Waals surface area contributed by atoms with E-state index in [1.165, 1.54) is 16.9 Å². The average molecular weight is 391 g/mol. The summed E-state index contributed by atoms with van der Waals surface area (Å²) in [6.07, 6.45) is 0. The van der Waals surface area contributed by atoms with Gasteiger partial charge in [-0.15, -0.1) is 5.10 Å². The van der Waals surface area contributed by atoms with Crippen molar-refractivity contribution in [3.63, 3.8) is 0 Å². The molecule has 3 rings (SSSR count). The quantitative estimate of drug-likeness (QED) is 0.566. The third-order valence-corrected chi connectivity index (χ3v) is 5.08. The highest BCUT2D eigenvalue weighted by molar-refractivity contribution is 7.73. The van der Waals surface area contributed by atoms with Crippen LogP contribution in [0.4, 0.5) is 10.8 Å². The van der Waals surface area contributed by atoms with Crippen molar-refractivity contribution in [3.05, 3.63) is 68.6 Å². The van der Waals surface area contributed by atoms with Crippen molar-refractivity contribution in [2.45, 2.75) is 20.1 Å². The molecule has 130 valence electrons. The van der Waals surface area contributed by atoms with Crippen LogP contribution < -0.4 is 5.32 Å². The van der Waals surface area contributed by atoms with E-state index < -0.39 is 0 Å². The summed E-state index contributed by atoms with van der Waals surface area (Å²) in [5.41, 5.74) is 3.40. The lowest BCUT2D eigenvalue weighted by Crippen LogP contribution is -2.22. The van der Waals surface area contributed by atoms with Crippen LogP contribution >= 0.6 is 35.2 Å². The Morgan fingerprint density at radius 3 is 2.72 bits per heavy atom. The van der Waals surface area contributed by atoms with Crippen molar-refractivity contribution in [2.75, 3.05) is 12.4 Å². The zero-order chi connectivity index (χ0) is 17.8. The summed E-state index contributed by atoms with van der Waals surface area (Å²) in [7, 11) is 2.04. The summed E-state index contributed by atoms with van der Waals surface area (Å²) in [6.45, 7) is 3.47. The minimum absolute atomic E-state index is 0.622. The van der Waals surface area contributed by atoms with Gasteiger partial charge in [-0.2, -0.15) is 0 Å². The third kappa shape index (κ3) is 5.12. The molecule has 0 radical (unpaired) electrons. The van der Waals surface area contributed by atoms with E-state index in [9.17, 15) is 0 Å². The molecule has 0 fully saturated rings. The smallest absolute Gasteiger partial charge is 0.209 e. The van der Waals surface area contributed by atoms with Gasteiger partial charge >= 0.3 is 0 Å². The SMILES string of the molecule is Cc1ccc(Nc2nn(CN(C)Cc3cccc(Cl)c3)c(=S)s2)cc1. The van der Waals surface area contributed by atoms with Crippen LogP contribution in [-0.4, -0.2) is 21.7 Å². The van der Waals surface area contributed by atoms with Crippen LogP contribution in [0.3, 0.4) is 0 Å². The van der Waals surface area contributed by atoms with Gasteiger partial charge < -0.3 is 5.32 Å². The molecule has 0 aliphatic rings. The molecule has 4 nitrogen and oxygen atoms in total. The highest BCUT2D eigenvalue weighted by Gasteiger charge is 2.07. The van der Waals surface area contributed by atoms with Gasteiger partial charge in [-0.05, 0) is 56.0 Å². The number of nitrogens with zero attached hydrogens (tertiary/aromatic N) is 3. The van der Waals surface area contributed by atoms with Crippen molar-refractivity contribution < 1.29 is 0 Å². The van der Waals surface area contributed by atoms with Crippen LogP contribution in [0.5, 0.6) is 0 Å². The molecule has 0 aliphatic heterocycles. The van der Waals surface area contributed by atoms with E-state index in [2.05, 4.69) is 40.4 Å². The number of rotatable bonds is 6. The Hall–Kier alpha value is -1.73. The Morgan fingerprint density at radius 1 is 1.24 bits per heavy atom. The lowest BCUT2D eigenvalue weighted by Gasteiger charge is -2.16. The molecule has 0 amide bonds. The second kappa shape index (κ2) is 8.10. The van der Waals surface area contributed by atoms with Crippen molar-refractivity contribution in [1.82, 2.24) is 14.7 Å². The molecule has 3 aromatic rings. The molecule has 7 heteroatoms. The summed E-state index contributed by atoms with van der Waals surface area (Å²) in [5, 5.41) is 9.43. The number of aromatic nitrogens is 2. The van der Waals surface area contributed by atoms with E-state index in [0.29, 0.717) is 6.67 Å². The van der Waals surface area contributed by atoms with Gasteiger partial charge in [0, 0.05) is 17.3 Å². The van der Waals surface area contributed by atoms with Crippen molar-refractivity contribution in [2.24, 2.45) is 0 Å². The summed E-state index contributed by atoms with van der Waals surface area (Å²) in [5.74, 6) is 0. The number of hydrogen-bond acceptors (Lipinski definition) is 5. The Bertz CT molecular complexity index is 902. The predicted molar refractivity (Wildman–Crippen MR) is 108 cm³/mol. The van der Waals surface area contributed by atoms with Gasteiger partial charge in [0.25, 0.3) is 0 Å². The van der Waals surface area contributed by atoms with Gasteiger partial charge in [-0.3, -0.25) is 4.90 Å². The molecule has 0 unspecified atom stereocenters. The largest absolute Gasteiger partial charge is 0.330 e. The fraction of sp³-hybridized carbons (Fsp3) is 0.222. The monoisotopic (exact) mass is 390 g/mol. The van der Waals surface area contributed by atoms with Gasteiger partial charge in [0.05, 0.1) is 6.67 Å². The van der Waals surface area contributed by atoms with Gasteiger partial charge in [0.2, 0.25) is 5.13 Å². The van der Waals surface area contributed by atoms with Crippen LogP contribution in [0, 0.1) is 10.9 Å². The van der Waals surface area contributed by atoms with Gasteiger partial charge in [-0.1, -0.05) is 52.8 Å². The van der Waals surface area contributed by atoms with E-state index in [4.69, 9.17) is 23.8 Å². The second-order valence-electron chi connectivity index (χ2n) is 5.95. The molecule has 1 N–H and O–H groups in total. The van der Waals surface area contributed by atoms with Gasteiger partial charge in [0.15, 0.2) is 3.95 Å². The normalized spacial score (nSPS) is 11.0. The molecule has 0 saturated carbocycles. The number of hydrogen-bond donors (Lipinski definition) is 1. The van der Waals surface area contributed by atoms with Crippen molar-refractivity contribution in [3.8, 4) is 0 Å². The Labute approximate surface area is 161 Å². The Morgan fingerprint density at radius 2 is 2.00 bits per heavy atom. The maximum atomic E-state index is 6.04. The number of anilines is 2. The van der Waals surface area contributed by atoms with Crippen LogP contribution in [0.1, 0.15) is 11.1 Å². The van der Waals surface area contributed by atoms with Gasteiger partial charge in [-0.25, -0.2) is 4.68 Å². The first-order valence-corrected chi connectivity index (χ1v) is 9.44. The van der Waals surface area contributed by atoms with E-state index in [1.54, 1.807) is 0 Å². The summed E-state index contributed by atoms with van der Waals surface area (Å²) in [6, 6.07) is 16.1. The summed E-state index contributed by atoms with van der Waals surface area (Å²) >= 11 is 13.0. The number of aryl methyl sites for hydroxylation is 1. The fourth-order valence-corrected chi connectivity index (χ4v) is 3.66. The molecule has 1 aromatic heterocycles. The molecular weight excluding hydrogens is 372 g/mol. The van der Waals surface area contributed by atoms with E-state index in [1.807, 2.05) is 42.1 Å². The van der Waals surface area contributed by atoms with Crippen LogP contribution in [0.25, 0.3) is 0 Å². The molecular formula is C18H19ClN4S2. The van der Waals surface area contributed by atoms with Crippen LogP contribution in [0.15, 0.2) is 48.5 Å². The maximum Gasteiger partial charge on any atom is 0.209 e. The van der Waals surface area contributed by atoms with Crippen molar-refractivity contribution >= 4 is 46.0 Å². The van der Waals surface area contributed by atoms with Gasteiger partial charge in [0.1, 0.15) is 0 Å². The first-order chi connectivity index (χ1) is 12.0. The lowest BCUT2D eigenvalue weighted by atomic mass is 10.2. The summed E-state index contributed by atoms with van der Waals surface area (Å²) < 4.78 is 2.58. The first-order valence-electron chi connectivity index (χ1n) is 7.84. The first kappa shape index (κ1) is 18.1. The molecule has 2 aromatic carbocycles. The molecule has 0 bridgehead atoms. The molecule has 0 spiro atoms. The van der Waals surface area contributed by atoms with E-state index in [0.717, 1.165) is 31.9 Å². The van der Waals surface area contributed by atoms with Crippen LogP contribution in [-0.2, 0) is 13.2 Å². The molecule has 0 aliphatic carbocycles. The number of nitrogens with one attached hydrogen (secondary N) is 1. The zero-order valence-corrected chi connectivity index (χ0v) is 16.5. The number of halogens is 1. The van der Waals surface area contributed by atoms with Crippen molar-refractivity contribution in [1.29, 1.82) is 0 Å². The van der Waals surface area contributed by atoms with E-state index >= 15 is 0 Å². The molecule has 0 saturated heterocycles. The van der Waals surface area contributed by atoms with E-state index in [-0.39, 0.29) is 0 Å². The minimum Gasteiger partial charge on any atom is -0.330 e.